The smallest absolute Gasteiger partial charge is 0.230 e. The number of nitrogens with one attached hydrogen (secondary N) is 1. The number of halogens is 1. The van der Waals surface area contributed by atoms with Gasteiger partial charge in [-0.05, 0) is 25.0 Å². The van der Waals surface area contributed by atoms with Crippen LogP contribution in [0.1, 0.15) is 12.8 Å². The number of hydrogen-bond donors (Lipinski definition) is 2. The first-order valence-corrected chi connectivity index (χ1v) is 5.93. The van der Waals surface area contributed by atoms with Gasteiger partial charge < -0.3 is 15.8 Å². The molecule has 0 amide bonds. The second-order valence-electron chi connectivity index (χ2n) is 4.60. The Hall–Kier alpha value is -1.49. The molecule has 3 N–H and O–H groups in total. The van der Waals surface area contributed by atoms with E-state index in [1.54, 1.807) is 6.07 Å². The van der Waals surface area contributed by atoms with Crippen molar-refractivity contribution in [1.82, 2.24) is 4.90 Å². The normalized spacial score (nSPS) is 28.3. The summed E-state index contributed by atoms with van der Waals surface area (Å²) >= 11 is 0. The van der Waals surface area contributed by atoms with Crippen LogP contribution in [0.2, 0.25) is 0 Å². The number of nitrogen functional groups attached to an aromatic ring is 1. The van der Waals surface area contributed by atoms with Crippen molar-refractivity contribution in [3.8, 4) is 5.75 Å². The molecule has 0 aromatic heterocycles. The van der Waals surface area contributed by atoms with E-state index in [2.05, 4.69) is 5.32 Å². The Morgan fingerprint density at radius 2 is 2.35 bits per heavy atom. The number of hydrogen-bond acceptors (Lipinski definition) is 4. The molecule has 1 fully saturated rings. The molecule has 2 atom stereocenters. The quantitative estimate of drug-likeness (QED) is 0.731. The molecule has 5 heteroatoms. The first-order chi connectivity index (χ1) is 8.22. The summed E-state index contributed by atoms with van der Waals surface area (Å²) in [5, 5.41) is 3.23. The number of alkyl halides is 1. The number of likely N-dealkylation sites (tertiary alicyclic amines) is 1. The van der Waals surface area contributed by atoms with Crippen LogP contribution in [-0.2, 0) is 0 Å². The summed E-state index contributed by atoms with van der Waals surface area (Å²) in [7, 11) is 0. The Bertz CT molecular complexity index is 426. The second-order valence-corrected chi connectivity index (χ2v) is 4.60. The van der Waals surface area contributed by atoms with Gasteiger partial charge in [-0.15, -0.1) is 0 Å². The molecular weight excluding hydrogens is 221 g/mol. The number of nitrogens with two attached hydrogens (primary N) is 1. The number of piperidine rings is 1. The van der Waals surface area contributed by atoms with Gasteiger partial charge in [-0.3, -0.25) is 0 Å². The molecule has 1 saturated heterocycles. The fourth-order valence-electron chi connectivity index (χ4n) is 2.37. The van der Waals surface area contributed by atoms with E-state index in [0.29, 0.717) is 18.7 Å². The van der Waals surface area contributed by atoms with Gasteiger partial charge in [0.1, 0.15) is 11.9 Å². The SMILES string of the molecule is Nc1ccc2c(c1)OC(N1CCCC(F)C1)N2. The van der Waals surface area contributed by atoms with Crippen molar-refractivity contribution in [3.05, 3.63) is 18.2 Å². The molecule has 2 aliphatic rings. The molecule has 17 heavy (non-hydrogen) atoms. The topological polar surface area (TPSA) is 50.5 Å². The molecule has 92 valence electrons. The minimum atomic E-state index is -0.747. The molecule has 1 aromatic carbocycles. The highest BCUT2D eigenvalue weighted by atomic mass is 19.1. The average molecular weight is 237 g/mol. The van der Waals surface area contributed by atoms with Crippen molar-refractivity contribution in [1.29, 1.82) is 0 Å². The van der Waals surface area contributed by atoms with E-state index in [-0.39, 0.29) is 6.35 Å². The lowest BCUT2D eigenvalue weighted by Gasteiger charge is -2.32. The Labute approximate surface area is 99.5 Å². The number of benzene rings is 1. The average Bonchev–Trinajstić information content (AvgIpc) is 2.72. The minimum absolute atomic E-state index is 0.259. The van der Waals surface area contributed by atoms with Gasteiger partial charge in [0.15, 0.2) is 0 Å². The highest BCUT2D eigenvalue weighted by molar-refractivity contribution is 5.65. The van der Waals surface area contributed by atoms with Gasteiger partial charge in [0, 0.05) is 24.8 Å². The molecule has 0 saturated carbocycles. The standard InChI is InChI=1S/C12H16FN3O/c13-8-2-1-5-16(7-8)12-15-10-4-3-9(14)6-11(10)17-12/h3-4,6,8,12,15H,1-2,5,7,14H2. The van der Waals surface area contributed by atoms with Gasteiger partial charge in [-0.1, -0.05) is 0 Å². The van der Waals surface area contributed by atoms with E-state index in [0.717, 1.165) is 24.4 Å². The van der Waals surface area contributed by atoms with Crippen molar-refractivity contribution >= 4 is 11.4 Å². The van der Waals surface area contributed by atoms with Gasteiger partial charge >= 0.3 is 0 Å². The zero-order chi connectivity index (χ0) is 11.8. The number of ether oxygens (including phenoxy) is 1. The zero-order valence-corrected chi connectivity index (χ0v) is 9.53. The van der Waals surface area contributed by atoms with Crippen LogP contribution in [0.3, 0.4) is 0 Å². The lowest BCUT2D eigenvalue weighted by molar-refractivity contribution is 0.0173. The predicted octanol–water partition coefficient (Wildman–Crippen LogP) is 1.79. The lowest BCUT2D eigenvalue weighted by atomic mass is 10.1. The lowest BCUT2D eigenvalue weighted by Crippen LogP contribution is -2.48. The molecule has 1 aromatic rings. The minimum Gasteiger partial charge on any atom is -0.455 e. The Morgan fingerprint density at radius 1 is 1.47 bits per heavy atom. The van der Waals surface area contributed by atoms with Gasteiger partial charge in [0.05, 0.1) is 5.69 Å². The summed E-state index contributed by atoms with van der Waals surface area (Å²) in [6.45, 7) is 1.29. The van der Waals surface area contributed by atoms with Crippen molar-refractivity contribution in [2.45, 2.75) is 25.4 Å². The fraction of sp³-hybridized carbons (Fsp3) is 0.500. The van der Waals surface area contributed by atoms with Crippen LogP contribution < -0.4 is 15.8 Å². The van der Waals surface area contributed by atoms with E-state index in [1.165, 1.54) is 0 Å². The molecule has 4 nitrogen and oxygen atoms in total. The second kappa shape index (κ2) is 4.07. The van der Waals surface area contributed by atoms with Crippen molar-refractivity contribution in [2.75, 3.05) is 24.1 Å². The molecule has 0 aliphatic carbocycles. The maximum atomic E-state index is 13.3. The van der Waals surface area contributed by atoms with Crippen molar-refractivity contribution in [2.24, 2.45) is 0 Å². The van der Waals surface area contributed by atoms with Gasteiger partial charge in [-0.2, -0.15) is 0 Å². The van der Waals surface area contributed by atoms with Crippen molar-refractivity contribution in [3.63, 3.8) is 0 Å². The summed E-state index contributed by atoms with van der Waals surface area (Å²) in [4.78, 5) is 1.99. The maximum Gasteiger partial charge on any atom is 0.230 e. The Kier molecular flexibility index (Phi) is 2.55. The Balaban J connectivity index is 1.73. The van der Waals surface area contributed by atoms with Crippen LogP contribution >= 0.6 is 0 Å². The van der Waals surface area contributed by atoms with Gasteiger partial charge in [-0.25, -0.2) is 9.29 Å². The maximum absolute atomic E-state index is 13.3. The van der Waals surface area contributed by atoms with Crippen LogP contribution in [0, 0.1) is 0 Å². The van der Waals surface area contributed by atoms with E-state index >= 15 is 0 Å². The van der Waals surface area contributed by atoms with E-state index in [4.69, 9.17) is 10.5 Å². The predicted molar refractivity (Wildman–Crippen MR) is 64.6 cm³/mol. The van der Waals surface area contributed by atoms with Crippen LogP contribution in [0.15, 0.2) is 18.2 Å². The van der Waals surface area contributed by atoms with Gasteiger partial charge in [0.2, 0.25) is 6.35 Å². The van der Waals surface area contributed by atoms with Crippen molar-refractivity contribution < 1.29 is 9.13 Å². The third kappa shape index (κ3) is 2.02. The number of nitrogens with zero attached hydrogens (tertiary/aromatic N) is 1. The molecular formula is C12H16FN3O. The number of rotatable bonds is 1. The van der Waals surface area contributed by atoms with Crippen LogP contribution in [-0.4, -0.2) is 30.5 Å². The summed E-state index contributed by atoms with van der Waals surface area (Å²) in [5.74, 6) is 0.746. The first kappa shape index (κ1) is 10.7. The first-order valence-electron chi connectivity index (χ1n) is 5.93. The monoisotopic (exact) mass is 237 g/mol. The zero-order valence-electron chi connectivity index (χ0n) is 9.53. The van der Waals surface area contributed by atoms with Crippen LogP contribution in [0.5, 0.6) is 5.75 Å². The molecule has 2 heterocycles. The third-order valence-electron chi connectivity index (χ3n) is 3.25. The molecule has 0 spiro atoms. The third-order valence-corrected chi connectivity index (χ3v) is 3.25. The molecule has 3 rings (SSSR count). The summed E-state index contributed by atoms with van der Waals surface area (Å²) < 4.78 is 19.1. The molecule has 2 aliphatic heterocycles. The summed E-state index contributed by atoms with van der Waals surface area (Å²) in [5.41, 5.74) is 7.29. The summed E-state index contributed by atoms with van der Waals surface area (Å²) in [6, 6.07) is 5.51. The highest BCUT2D eigenvalue weighted by Crippen LogP contribution is 2.35. The molecule has 0 bridgehead atoms. The Morgan fingerprint density at radius 3 is 3.18 bits per heavy atom. The van der Waals surface area contributed by atoms with E-state index in [9.17, 15) is 4.39 Å². The fourth-order valence-corrected chi connectivity index (χ4v) is 2.37. The number of anilines is 2. The van der Waals surface area contributed by atoms with Gasteiger partial charge in [0.25, 0.3) is 0 Å². The van der Waals surface area contributed by atoms with Crippen LogP contribution in [0.25, 0.3) is 0 Å². The van der Waals surface area contributed by atoms with Crippen LogP contribution in [0.4, 0.5) is 15.8 Å². The van der Waals surface area contributed by atoms with E-state index < -0.39 is 6.17 Å². The largest absolute Gasteiger partial charge is 0.455 e. The van der Waals surface area contributed by atoms with E-state index in [1.807, 2.05) is 17.0 Å². The number of fused-ring (bicyclic) bond motifs is 1. The highest BCUT2D eigenvalue weighted by Gasteiger charge is 2.31. The molecule has 0 radical (unpaired) electrons. The molecule has 2 unspecified atom stereocenters. The summed E-state index contributed by atoms with van der Waals surface area (Å²) in [6.07, 6.45) is 0.526.